The third-order valence-corrected chi connectivity index (χ3v) is 6.75. The summed E-state index contributed by atoms with van der Waals surface area (Å²) >= 11 is 0. The molecular weight excluding hydrogens is 441 g/mol. The Morgan fingerprint density at radius 1 is 1.18 bits per heavy atom. The fourth-order valence-electron chi connectivity index (χ4n) is 5.12. The lowest BCUT2D eigenvalue weighted by molar-refractivity contribution is -0.314. The van der Waals surface area contributed by atoms with Crippen molar-refractivity contribution in [1.29, 1.82) is 0 Å². The number of ether oxygens (including phenoxy) is 3. The van der Waals surface area contributed by atoms with Gasteiger partial charge in [-0.15, -0.1) is 0 Å². The Bertz CT molecular complexity index is 1010. The van der Waals surface area contributed by atoms with Gasteiger partial charge in [-0.1, -0.05) is 31.0 Å². The number of amides is 1. The van der Waals surface area contributed by atoms with E-state index in [1.165, 1.54) is 26.2 Å². The molecule has 34 heavy (non-hydrogen) atoms. The molecule has 2 aromatic carbocycles. The van der Waals surface area contributed by atoms with E-state index in [9.17, 15) is 19.4 Å². The summed E-state index contributed by atoms with van der Waals surface area (Å²) in [5.41, 5.74) is 1.61. The molecule has 1 aliphatic carbocycles. The molecule has 0 bridgehead atoms. The number of aliphatic hydroxyl groups is 2. The number of halogens is 1. The summed E-state index contributed by atoms with van der Waals surface area (Å²) < 4.78 is 31.8. The molecule has 3 N–H and O–H groups in total. The van der Waals surface area contributed by atoms with Crippen LogP contribution in [0.25, 0.3) is 11.1 Å². The van der Waals surface area contributed by atoms with Crippen molar-refractivity contribution >= 4 is 5.91 Å². The zero-order valence-corrected chi connectivity index (χ0v) is 19.5. The van der Waals surface area contributed by atoms with E-state index in [1.807, 2.05) is 6.07 Å². The van der Waals surface area contributed by atoms with Gasteiger partial charge in [0.05, 0.1) is 0 Å². The predicted octanol–water partition coefficient (Wildman–Crippen LogP) is 2.96. The molecule has 1 amide bonds. The molecular formula is C26H32FNO6. The fourth-order valence-corrected chi connectivity index (χ4v) is 5.12. The maximum Gasteiger partial charge on any atom is 0.229 e. The van der Waals surface area contributed by atoms with E-state index in [0.717, 1.165) is 24.0 Å². The summed E-state index contributed by atoms with van der Waals surface area (Å²) in [5.74, 6) is -0.0631. The fraction of sp³-hybridized carbons (Fsp3) is 0.500. The Hall–Kier alpha value is -2.52. The second-order valence-electron chi connectivity index (χ2n) is 9.08. The average Bonchev–Trinajstić information content (AvgIpc) is 3.27. The van der Waals surface area contributed by atoms with Crippen LogP contribution in [0.3, 0.4) is 0 Å². The Morgan fingerprint density at radius 3 is 2.62 bits per heavy atom. The van der Waals surface area contributed by atoms with Gasteiger partial charge in [-0.25, -0.2) is 4.39 Å². The highest BCUT2D eigenvalue weighted by Gasteiger charge is 2.56. The second kappa shape index (κ2) is 10.4. The standard InChI is InChI=1S/C26H32FNO6/c1-16(29)28-13-10-17-8-9-20(15-21(17)18-6-5-7-19(27)14-18)33-25-23(31)22(30)24(32-2)26(34-25)11-3-4-12-26/h5-9,14-15,22-25,30-31H,3-4,10-13H2,1-2H3,(H,28,29)/t22-,23+,24+,25+/m0/s1. The molecule has 0 unspecified atom stereocenters. The first-order valence-electron chi connectivity index (χ1n) is 11.7. The summed E-state index contributed by atoms with van der Waals surface area (Å²) in [6, 6.07) is 11.6. The van der Waals surface area contributed by atoms with Gasteiger partial charge in [0.25, 0.3) is 0 Å². The van der Waals surface area contributed by atoms with Crippen LogP contribution >= 0.6 is 0 Å². The van der Waals surface area contributed by atoms with Crippen LogP contribution in [0.4, 0.5) is 4.39 Å². The summed E-state index contributed by atoms with van der Waals surface area (Å²) in [4.78, 5) is 11.3. The molecule has 1 saturated carbocycles. The molecule has 2 fully saturated rings. The first kappa shape index (κ1) is 24.6. The third-order valence-electron chi connectivity index (χ3n) is 6.75. The van der Waals surface area contributed by atoms with Crippen LogP contribution in [0.5, 0.6) is 5.75 Å². The molecule has 4 rings (SSSR count). The number of methoxy groups -OCH3 is 1. The van der Waals surface area contributed by atoms with Crippen molar-refractivity contribution in [2.45, 2.75) is 69.2 Å². The molecule has 1 heterocycles. The monoisotopic (exact) mass is 473 g/mol. The summed E-state index contributed by atoms with van der Waals surface area (Å²) in [7, 11) is 1.51. The molecule has 7 nitrogen and oxygen atoms in total. The van der Waals surface area contributed by atoms with Crippen LogP contribution in [-0.2, 0) is 20.7 Å². The SMILES string of the molecule is CO[C@@H]1[C@@H](O)[C@@H](O)[C@H](Oc2ccc(CCNC(C)=O)c(-c3cccc(F)c3)c2)OC12CCCC2. The van der Waals surface area contributed by atoms with Crippen molar-refractivity contribution in [3.05, 3.63) is 53.8 Å². The van der Waals surface area contributed by atoms with Crippen molar-refractivity contribution in [3.63, 3.8) is 0 Å². The quantitative estimate of drug-likeness (QED) is 0.572. The highest BCUT2D eigenvalue weighted by Crippen LogP contribution is 2.44. The predicted molar refractivity (Wildman–Crippen MR) is 124 cm³/mol. The van der Waals surface area contributed by atoms with E-state index in [1.54, 1.807) is 24.3 Å². The second-order valence-corrected chi connectivity index (χ2v) is 9.08. The number of carbonyl (C=O) groups is 1. The average molecular weight is 474 g/mol. The van der Waals surface area contributed by atoms with Crippen LogP contribution in [0.1, 0.15) is 38.2 Å². The van der Waals surface area contributed by atoms with Gasteiger partial charge in [0, 0.05) is 20.6 Å². The minimum Gasteiger partial charge on any atom is -0.462 e. The number of rotatable bonds is 7. The first-order valence-corrected chi connectivity index (χ1v) is 11.7. The number of carbonyl (C=O) groups excluding carboxylic acids is 1. The Morgan fingerprint density at radius 2 is 1.94 bits per heavy atom. The van der Waals surface area contributed by atoms with E-state index in [4.69, 9.17) is 14.2 Å². The van der Waals surface area contributed by atoms with Crippen molar-refractivity contribution in [2.24, 2.45) is 0 Å². The lowest BCUT2D eigenvalue weighted by Gasteiger charge is -2.48. The Kier molecular flexibility index (Phi) is 7.52. The normalized spacial score (nSPS) is 25.9. The highest BCUT2D eigenvalue weighted by molar-refractivity contribution is 5.73. The largest absolute Gasteiger partial charge is 0.462 e. The minimum atomic E-state index is -1.30. The molecule has 0 radical (unpaired) electrons. The van der Waals surface area contributed by atoms with E-state index >= 15 is 0 Å². The Balaban J connectivity index is 1.61. The third kappa shape index (κ3) is 5.10. The molecule has 8 heteroatoms. The topological polar surface area (TPSA) is 97.3 Å². The number of benzene rings is 2. The van der Waals surface area contributed by atoms with Crippen LogP contribution in [0.15, 0.2) is 42.5 Å². The number of hydrogen-bond acceptors (Lipinski definition) is 6. The van der Waals surface area contributed by atoms with E-state index < -0.39 is 30.2 Å². The van der Waals surface area contributed by atoms with Gasteiger partial charge in [0.2, 0.25) is 12.2 Å². The number of hydrogen-bond donors (Lipinski definition) is 3. The molecule has 1 spiro atoms. The zero-order valence-electron chi connectivity index (χ0n) is 19.5. The maximum absolute atomic E-state index is 14.0. The first-order chi connectivity index (χ1) is 16.3. The van der Waals surface area contributed by atoms with Crippen molar-refractivity contribution < 1.29 is 33.6 Å². The van der Waals surface area contributed by atoms with Crippen LogP contribution in [0.2, 0.25) is 0 Å². The van der Waals surface area contributed by atoms with Gasteiger partial charge in [0.15, 0.2) is 0 Å². The Labute approximate surface area is 198 Å². The number of nitrogens with one attached hydrogen (secondary N) is 1. The lowest BCUT2D eigenvalue weighted by Crippen LogP contribution is -2.65. The van der Waals surface area contributed by atoms with Crippen molar-refractivity contribution in [1.82, 2.24) is 5.32 Å². The molecule has 2 aromatic rings. The zero-order chi connectivity index (χ0) is 24.3. The molecule has 1 saturated heterocycles. The van der Waals surface area contributed by atoms with Crippen molar-refractivity contribution in [2.75, 3.05) is 13.7 Å². The molecule has 0 aromatic heterocycles. The van der Waals surface area contributed by atoms with Gasteiger partial charge >= 0.3 is 0 Å². The van der Waals surface area contributed by atoms with Gasteiger partial charge in [-0.3, -0.25) is 4.79 Å². The molecule has 1 aliphatic heterocycles. The summed E-state index contributed by atoms with van der Waals surface area (Å²) in [6.45, 7) is 1.90. The minimum absolute atomic E-state index is 0.121. The summed E-state index contributed by atoms with van der Waals surface area (Å²) in [5, 5.41) is 24.2. The van der Waals surface area contributed by atoms with Crippen LogP contribution < -0.4 is 10.1 Å². The highest BCUT2D eigenvalue weighted by atomic mass is 19.1. The molecule has 4 atom stereocenters. The van der Waals surface area contributed by atoms with Gasteiger partial charge < -0.3 is 29.7 Å². The smallest absolute Gasteiger partial charge is 0.229 e. The van der Waals surface area contributed by atoms with E-state index in [0.29, 0.717) is 37.1 Å². The van der Waals surface area contributed by atoms with Gasteiger partial charge in [0.1, 0.15) is 35.5 Å². The van der Waals surface area contributed by atoms with Crippen LogP contribution in [0, 0.1) is 5.82 Å². The van der Waals surface area contributed by atoms with Crippen molar-refractivity contribution in [3.8, 4) is 16.9 Å². The van der Waals surface area contributed by atoms with Gasteiger partial charge in [-0.2, -0.15) is 0 Å². The summed E-state index contributed by atoms with van der Waals surface area (Å²) in [6.07, 6.45) is -0.295. The number of aliphatic hydroxyl groups excluding tert-OH is 2. The molecule has 184 valence electrons. The molecule has 2 aliphatic rings. The van der Waals surface area contributed by atoms with Crippen LogP contribution in [-0.4, -0.2) is 60.0 Å². The lowest BCUT2D eigenvalue weighted by atomic mass is 9.85. The van der Waals surface area contributed by atoms with Gasteiger partial charge in [-0.05, 0) is 60.2 Å². The maximum atomic E-state index is 14.0. The van der Waals surface area contributed by atoms with E-state index in [-0.39, 0.29) is 11.7 Å². The van der Waals surface area contributed by atoms with E-state index in [2.05, 4.69) is 5.32 Å².